The number of halogens is 7. The molecule has 0 heterocycles. The monoisotopic (exact) mass is 318 g/mol. The van der Waals surface area contributed by atoms with Gasteiger partial charge < -0.3 is 10.5 Å². The molecular weight excluding hydrogens is 309 g/mol. The quantitative estimate of drug-likeness (QED) is 0.497. The second-order valence-corrected chi connectivity index (χ2v) is 3.97. The van der Waals surface area contributed by atoms with Crippen molar-refractivity contribution in [2.24, 2.45) is 5.73 Å². The number of ether oxygens (including phenoxy) is 1. The minimum absolute atomic E-state index is 0.415. The predicted octanol–water partition coefficient (Wildman–Crippen LogP) is 3.27. The number of nitrogen functional groups attached to an aromatic ring is 1. The summed E-state index contributed by atoms with van der Waals surface area (Å²) in [5.41, 5.74) is 3.23. The third-order valence-electron chi connectivity index (χ3n) is 2.34. The van der Waals surface area contributed by atoms with Crippen LogP contribution in [0.15, 0.2) is 18.2 Å². The van der Waals surface area contributed by atoms with Crippen molar-refractivity contribution in [1.82, 2.24) is 0 Å². The summed E-state index contributed by atoms with van der Waals surface area (Å²) in [7, 11) is 0. The van der Waals surface area contributed by atoms with Gasteiger partial charge in [0, 0.05) is 0 Å². The first-order chi connectivity index (χ1) is 9.45. The van der Waals surface area contributed by atoms with Crippen LogP contribution in [0.25, 0.3) is 0 Å². The number of nitrogens with two attached hydrogens (primary N) is 1. The summed E-state index contributed by atoms with van der Waals surface area (Å²) in [6.45, 7) is -1.75. The summed E-state index contributed by atoms with van der Waals surface area (Å²) in [5.74, 6) is -5.97. The van der Waals surface area contributed by atoms with E-state index in [-0.39, 0.29) is 0 Å². The van der Waals surface area contributed by atoms with Gasteiger partial charge in [0.1, 0.15) is 11.6 Å². The van der Waals surface area contributed by atoms with Crippen molar-refractivity contribution in [1.29, 1.82) is 5.41 Å². The van der Waals surface area contributed by atoms with Crippen molar-refractivity contribution in [3.63, 3.8) is 0 Å². The van der Waals surface area contributed by atoms with Crippen LogP contribution in [0, 0.1) is 5.41 Å². The lowest BCUT2D eigenvalue weighted by Gasteiger charge is -2.18. The van der Waals surface area contributed by atoms with Crippen LogP contribution < -0.4 is 10.5 Å². The van der Waals surface area contributed by atoms with Gasteiger partial charge in [-0.1, -0.05) is 0 Å². The minimum atomic E-state index is -4.74. The highest BCUT2D eigenvalue weighted by Gasteiger charge is 2.42. The number of rotatable bonds is 5. The highest BCUT2D eigenvalue weighted by atomic mass is 19.4. The van der Waals surface area contributed by atoms with Crippen molar-refractivity contribution < 1.29 is 35.5 Å². The number of hydrogen-bond acceptors (Lipinski definition) is 2. The lowest BCUT2D eigenvalue weighted by atomic mass is 10.1. The number of amidine groups is 1. The van der Waals surface area contributed by atoms with Gasteiger partial charge in [-0.25, -0.2) is 8.78 Å². The molecule has 118 valence electrons. The fourth-order valence-electron chi connectivity index (χ4n) is 1.28. The number of alkyl halides is 7. The van der Waals surface area contributed by atoms with Crippen LogP contribution in [0.1, 0.15) is 11.1 Å². The smallest absolute Gasteiger partial charge is 0.416 e. The molecule has 3 nitrogen and oxygen atoms in total. The second kappa shape index (κ2) is 5.78. The van der Waals surface area contributed by atoms with Crippen LogP contribution >= 0.6 is 0 Å². The van der Waals surface area contributed by atoms with E-state index in [0.29, 0.717) is 18.2 Å². The molecule has 1 rings (SSSR count). The lowest BCUT2D eigenvalue weighted by Crippen LogP contribution is -2.34. The Hall–Kier alpha value is -2.00. The molecule has 0 amide bonds. The first-order valence-corrected chi connectivity index (χ1v) is 5.29. The number of hydrogen-bond donors (Lipinski definition) is 2. The van der Waals surface area contributed by atoms with Gasteiger partial charge in [-0.15, -0.1) is 0 Å². The van der Waals surface area contributed by atoms with Crippen LogP contribution in [0.4, 0.5) is 30.7 Å². The van der Waals surface area contributed by atoms with E-state index in [0.717, 1.165) is 0 Å². The molecule has 0 fully saturated rings. The topological polar surface area (TPSA) is 59.1 Å². The van der Waals surface area contributed by atoms with Gasteiger partial charge in [-0.2, -0.15) is 22.0 Å². The molecular formula is C11H9F7N2O. The molecule has 0 saturated heterocycles. The Kier molecular flexibility index (Phi) is 4.69. The first-order valence-electron chi connectivity index (χ1n) is 5.29. The molecule has 0 atom stereocenters. The van der Waals surface area contributed by atoms with E-state index in [4.69, 9.17) is 11.1 Å². The van der Waals surface area contributed by atoms with Crippen molar-refractivity contribution in [2.45, 2.75) is 18.5 Å². The SMILES string of the molecule is N=C(N)c1cc(C(F)(F)F)ccc1OCC(F)(F)C(F)F. The summed E-state index contributed by atoms with van der Waals surface area (Å²) in [4.78, 5) is 0. The zero-order valence-electron chi connectivity index (χ0n) is 10.1. The Morgan fingerprint density at radius 3 is 2.19 bits per heavy atom. The van der Waals surface area contributed by atoms with E-state index in [1.54, 1.807) is 0 Å². The molecule has 0 bridgehead atoms. The maximum absolute atomic E-state index is 12.7. The largest absolute Gasteiger partial charge is 0.486 e. The second-order valence-electron chi connectivity index (χ2n) is 3.97. The predicted molar refractivity (Wildman–Crippen MR) is 58.9 cm³/mol. The van der Waals surface area contributed by atoms with E-state index in [1.165, 1.54) is 0 Å². The molecule has 0 aromatic heterocycles. The van der Waals surface area contributed by atoms with Crippen molar-refractivity contribution in [2.75, 3.05) is 6.61 Å². The number of benzene rings is 1. The van der Waals surface area contributed by atoms with Gasteiger partial charge in [0.05, 0.1) is 11.1 Å². The van der Waals surface area contributed by atoms with E-state index in [9.17, 15) is 30.7 Å². The van der Waals surface area contributed by atoms with E-state index < -0.39 is 47.8 Å². The van der Waals surface area contributed by atoms with Crippen molar-refractivity contribution in [3.8, 4) is 5.75 Å². The maximum Gasteiger partial charge on any atom is 0.416 e. The Labute approximate surface area is 114 Å². The van der Waals surface area contributed by atoms with E-state index in [1.807, 2.05) is 0 Å². The summed E-state index contributed by atoms with van der Waals surface area (Å²) >= 11 is 0. The summed E-state index contributed by atoms with van der Waals surface area (Å²) < 4.78 is 91.1. The molecule has 0 saturated carbocycles. The van der Waals surface area contributed by atoms with Gasteiger partial charge in [-0.05, 0) is 18.2 Å². The average molecular weight is 318 g/mol. The molecule has 10 heteroatoms. The Morgan fingerprint density at radius 1 is 1.19 bits per heavy atom. The summed E-state index contributed by atoms with van der Waals surface area (Å²) in [5, 5.41) is 7.09. The molecule has 0 aliphatic heterocycles. The standard InChI is InChI=1S/C11H9F7N2O/c12-9(13)10(14,15)4-21-7-2-1-5(11(16,17)18)3-6(7)8(19)20/h1-3,9H,4H2,(H3,19,20). The van der Waals surface area contributed by atoms with Crippen LogP contribution in [-0.2, 0) is 6.18 Å². The van der Waals surface area contributed by atoms with Gasteiger partial charge >= 0.3 is 18.5 Å². The molecule has 21 heavy (non-hydrogen) atoms. The zero-order valence-corrected chi connectivity index (χ0v) is 10.1. The fourth-order valence-corrected chi connectivity index (χ4v) is 1.28. The third-order valence-corrected chi connectivity index (χ3v) is 2.34. The van der Waals surface area contributed by atoms with Crippen LogP contribution in [0.2, 0.25) is 0 Å². The summed E-state index contributed by atoms with van der Waals surface area (Å²) in [6.07, 6.45) is -8.73. The van der Waals surface area contributed by atoms with Crippen LogP contribution in [-0.4, -0.2) is 24.8 Å². The molecule has 0 aliphatic carbocycles. The Bertz CT molecular complexity index is 528. The fraction of sp³-hybridized carbons (Fsp3) is 0.364. The molecule has 1 aromatic rings. The average Bonchev–Trinajstić information content (AvgIpc) is 2.34. The highest BCUT2D eigenvalue weighted by Crippen LogP contribution is 2.33. The normalized spacial score (nSPS) is 12.6. The van der Waals surface area contributed by atoms with Gasteiger partial charge in [0.2, 0.25) is 0 Å². The lowest BCUT2D eigenvalue weighted by molar-refractivity contribution is -0.148. The number of nitrogens with one attached hydrogen (secondary N) is 1. The maximum atomic E-state index is 12.7. The van der Waals surface area contributed by atoms with E-state index in [2.05, 4.69) is 4.74 Å². The third kappa shape index (κ3) is 4.23. The van der Waals surface area contributed by atoms with Gasteiger partial charge in [0.25, 0.3) is 0 Å². The van der Waals surface area contributed by atoms with Crippen molar-refractivity contribution >= 4 is 5.84 Å². The molecule has 0 radical (unpaired) electrons. The summed E-state index contributed by atoms with van der Waals surface area (Å²) in [6, 6.07) is 1.56. The molecule has 0 spiro atoms. The van der Waals surface area contributed by atoms with Crippen LogP contribution in [0.3, 0.4) is 0 Å². The van der Waals surface area contributed by atoms with Gasteiger partial charge in [0.15, 0.2) is 6.61 Å². The molecule has 0 aliphatic rings. The van der Waals surface area contributed by atoms with Crippen LogP contribution in [0.5, 0.6) is 5.75 Å². The van der Waals surface area contributed by atoms with E-state index >= 15 is 0 Å². The zero-order chi connectivity index (χ0) is 16.4. The highest BCUT2D eigenvalue weighted by molar-refractivity contribution is 5.97. The minimum Gasteiger partial charge on any atom is -0.486 e. The molecule has 0 unspecified atom stereocenters. The molecule has 1 aromatic carbocycles. The van der Waals surface area contributed by atoms with Gasteiger partial charge in [-0.3, -0.25) is 5.41 Å². The molecule has 3 N–H and O–H groups in total. The Morgan fingerprint density at radius 2 is 1.76 bits per heavy atom. The van der Waals surface area contributed by atoms with Crippen molar-refractivity contribution in [3.05, 3.63) is 29.3 Å². The Balaban J connectivity index is 3.06. The first kappa shape index (κ1) is 17.1.